The highest BCUT2D eigenvalue weighted by Gasteiger charge is 2.25. The smallest absolute Gasteiger partial charge is 0.147 e. The Balaban J connectivity index is 2.92. The second kappa shape index (κ2) is 4.74. The summed E-state index contributed by atoms with van der Waals surface area (Å²) in [5.74, 6) is -0.530. The third-order valence-corrected chi connectivity index (χ3v) is 3.70. The van der Waals surface area contributed by atoms with Gasteiger partial charge in [-0.25, -0.2) is 12.8 Å². The van der Waals surface area contributed by atoms with E-state index >= 15 is 0 Å². The fourth-order valence-corrected chi connectivity index (χ4v) is 2.22. The zero-order valence-corrected chi connectivity index (χ0v) is 11.0. The van der Waals surface area contributed by atoms with Gasteiger partial charge >= 0.3 is 0 Å². The summed E-state index contributed by atoms with van der Waals surface area (Å²) >= 11 is 0. The molecule has 1 rings (SSSR count). The first-order chi connectivity index (χ1) is 7.62. The van der Waals surface area contributed by atoms with Gasteiger partial charge in [-0.1, -0.05) is 12.1 Å². The molecule has 0 aliphatic heterocycles. The van der Waals surface area contributed by atoms with E-state index in [1.807, 2.05) is 0 Å². The van der Waals surface area contributed by atoms with Crippen molar-refractivity contribution in [3.8, 4) is 0 Å². The van der Waals surface area contributed by atoms with Crippen LogP contribution in [-0.4, -0.2) is 25.5 Å². The highest BCUT2D eigenvalue weighted by atomic mass is 32.2. The lowest BCUT2D eigenvalue weighted by molar-refractivity contribution is 0.0535. The monoisotopic (exact) mass is 260 g/mol. The van der Waals surface area contributed by atoms with E-state index in [-0.39, 0.29) is 12.2 Å². The summed E-state index contributed by atoms with van der Waals surface area (Å²) in [6, 6.07) is 4.43. The molecule has 0 heterocycles. The molecule has 3 nitrogen and oxygen atoms in total. The molecular weight excluding hydrogens is 243 g/mol. The van der Waals surface area contributed by atoms with Crippen LogP contribution in [0.15, 0.2) is 18.2 Å². The van der Waals surface area contributed by atoms with Gasteiger partial charge in [-0.15, -0.1) is 0 Å². The minimum absolute atomic E-state index is 0.0499. The van der Waals surface area contributed by atoms with E-state index in [0.29, 0.717) is 11.1 Å². The summed E-state index contributed by atoms with van der Waals surface area (Å²) in [5, 5.41) is 10.1. The predicted octanol–water partition coefficient (Wildman–Crippen LogP) is 1.78. The summed E-state index contributed by atoms with van der Waals surface area (Å²) in [6.45, 7) is 3.12. The quantitative estimate of drug-likeness (QED) is 0.897. The second-order valence-electron chi connectivity index (χ2n) is 4.62. The van der Waals surface area contributed by atoms with E-state index in [1.54, 1.807) is 19.1 Å². The molecule has 0 radical (unpaired) electrons. The van der Waals surface area contributed by atoms with Crippen LogP contribution >= 0.6 is 0 Å². The van der Waals surface area contributed by atoms with E-state index in [4.69, 9.17) is 0 Å². The van der Waals surface area contributed by atoms with Crippen molar-refractivity contribution in [2.45, 2.75) is 25.9 Å². The Bertz CT molecular complexity index is 506. The lowest BCUT2D eigenvalue weighted by atomic mass is 9.92. The molecule has 0 fully saturated rings. The second-order valence-corrected chi connectivity index (χ2v) is 6.88. The van der Waals surface area contributed by atoms with Crippen LogP contribution in [0.5, 0.6) is 0 Å². The molecule has 1 unspecified atom stereocenters. The Morgan fingerprint density at radius 1 is 1.41 bits per heavy atom. The maximum atomic E-state index is 13.4. The molecule has 0 aliphatic carbocycles. The van der Waals surface area contributed by atoms with Crippen molar-refractivity contribution < 1.29 is 17.9 Å². The lowest BCUT2D eigenvalue weighted by Gasteiger charge is -2.23. The molecule has 1 N–H and O–H groups in total. The maximum absolute atomic E-state index is 13.4. The predicted molar refractivity (Wildman–Crippen MR) is 65.0 cm³/mol. The summed E-state index contributed by atoms with van der Waals surface area (Å²) in [4.78, 5) is 0. The number of hydrogen-bond acceptors (Lipinski definition) is 3. The summed E-state index contributed by atoms with van der Waals surface area (Å²) in [7, 11) is -3.14. The molecule has 1 atom stereocenters. The number of sulfone groups is 1. The van der Waals surface area contributed by atoms with Gasteiger partial charge in [0.15, 0.2) is 0 Å². The zero-order valence-electron chi connectivity index (χ0n) is 10.2. The minimum atomic E-state index is -3.14. The van der Waals surface area contributed by atoms with Crippen molar-refractivity contribution >= 4 is 9.84 Å². The molecule has 5 heteroatoms. The largest absolute Gasteiger partial charge is 0.385 e. The van der Waals surface area contributed by atoms with Crippen molar-refractivity contribution in [2.75, 3.05) is 12.0 Å². The Morgan fingerprint density at radius 2 is 2.00 bits per heavy atom. The number of halogens is 1. The number of aryl methyl sites for hydroxylation is 1. The summed E-state index contributed by atoms with van der Waals surface area (Å²) in [5.41, 5.74) is -0.450. The van der Waals surface area contributed by atoms with Crippen molar-refractivity contribution in [3.05, 3.63) is 35.1 Å². The van der Waals surface area contributed by atoms with Gasteiger partial charge in [0.1, 0.15) is 15.7 Å². The Labute approximate surface area is 101 Å². The van der Waals surface area contributed by atoms with Crippen molar-refractivity contribution in [1.82, 2.24) is 0 Å². The van der Waals surface area contributed by atoms with E-state index in [1.165, 1.54) is 13.0 Å². The highest BCUT2D eigenvalue weighted by Crippen LogP contribution is 2.26. The third kappa shape index (κ3) is 4.09. The van der Waals surface area contributed by atoms with Crippen LogP contribution in [0.2, 0.25) is 0 Å². The van der Waals surface area contributed by atoms with Crippen molar-refractivity contribution in [2.24, 2.45) is 0 Å². The third-order valence-electron chi connectivity index (χ3n) is 2.75. The first-order valence-corrected chi connectivity index (χ1v) is 7.34. The maximum Gasteiger partial charge on any atom is 0.147 e. The average Bonchev–Trinajstić information content (AvgIpc) is 2.18. The molecule has 0 aliphatic rings. The molecule has 1 aromatic rings. The van der Waals surface area contributed by atoms with E-state index in [0.717, 1.165) is 6.26 Å². The van der Waals surface area contributed by atoms with Gasteiger partial charge in [0, 0.05) is 6.26 Å². The Kier molecular flexibility index (Phi) is 3.94. The van der Waals surface area contributed by atoms with Crippen LogP contribution in [-0.2, 0) is 15.4 Å². The zero-order chi connectivity index (χ0) is 13.3. The van der Waals surface area contributed by atoms with E-state index < -0.39 is 21.3 Å². The molecule has 17 heavy (non-hydrogen) atoms. The van der Waals surface area contributed by atoms with Gasteiger partial charge in [0.05, 0.1) is 11.4 Å². The number of rotatable bonds is 4. The molecule has 0 spiro atoms. The van der Waals surface area contributed by atoms with Crippen LogP contribution in [0.4, 0.5) is 4.39 Å². The van der Waals surface area contributed by atoms with Crippen LogP contribution in [0.1, 0.15) is 24.5 Å². The lowest BCUT2D eigenvalue weighted by Crippen LogP contribution is -2.25. The van der Waals surface area contributed by atoms with Gasteiger partial charge in [-0.05, 0) is 37.5 Å². The number of benzene rings is 1. The molecule has 1 aromatic carbocycles. The molecule has 0 saturated heterocycles. The van der Waals surface area contributed by atoms with Crippen LogP contribution in [0.3, 0.4) is 0 Å². The summed E-state index contributed by atoms with van der Waals surface area (Å²) in [6.07, 6.45) is 1.16. The van der Waals surface area contributed by atoms with Gasteiger partial charge in [-0.2, -0.15) is 0 Å². The molecule has 0 amide bonds. The van der Waals surface area contributed by atoms with Crippen LogP contribution in [0, 0.1) is 12.7 Å². The van der Waals surface area contributed by atoms with Gasteiger partial charge in [0.2, 0.25) is 0 Å². The molecule has 0 aromatic heterocycles. The SMILES string of the molecule is Cc1ccc(C(C)(O)CCS(C)(=O)=O)cc1F. The molecular formula is C12H17FO3S. The van der Waals surface area contributed by atoms with Gasteiger partial charge in [-0.3, -0.25) is 0 Å². The number of aliphatic hydroxyl groups is 1. The fraction of sp³-hybridized carbons (Fsp3) is 0.500. The van der Waals surface area contributed by atoms with Gasteiger partial charge < -0.3 is 5.11 Å². The average molecular weight is 260 g/mol. The molecule has 0 saturated carbocycles. The summed E-state index contributed by atoms with van der Waals surface area (Å²) < 4.78 is 35.4. The highest BCUT2D eigenvalue weighted by molar-refractivity contribution is 7.90. The normalized spacial score (nSPS) is 15.6. The van der Waals surface area contributed by atoms with Crippen molar-refractivity contribution in [1.29, 1.82) is 0 Å². The first kappa shape index (κ1) is 14.1. The van der Waals surface area contributed by atoms with Crippen molar-refractivity contribution in [3.63, 3.8) is 0 Å². The standard InChI is InChI=1S/C12H17FO3S/c1-9-4-5-10(8-11(9)13)12(2,14)6-7-17(3,15)16/h4-5,8,14H,6-7H2,1-3H3. The topological polar surface area (TPSA) is 54.4 Å². The molecule has 0 bridgehead atoms. The Morgan fingerprint density at radius 3 is 2.47 bits per heavy atom. The fourth-order valence-electron chi connectivity index (χ4n) is 1.46. The molecule has 96 valence electrons. The minimum Gasteiger partial charge on any atom is -0.385 e. The number of hydrogen-bond donors (Lipinski definition) is 1. The van der Waals surface area contributed by atoms with E-state index in [9.17, 15) is 17.9 Å². The van der Waals surface area contributed by atoms with Gasteiger partial charge in [0.25, 0.3) is 0 Å². The van der Waals surface area contributed by atoms with Crippen LogP contribution < -0.4 is 0 Å². The Hall–Kier alpha value is -0.940. The van der Waals surface area contributed by atoms with E-state index in [2.05, 4.69) is 0 Å². The van der Waals surface area contributed by atoms with Crippen LogP contribution in [0.25, 0.3) is 0 Å². The first-order valence-electron chi connectivity index (χ1n) is 5.28.